The van der Waals surface area contributed by atoms with Crippen LogP contribution in [0.5, 0.6) is 5.75 Å². The summed E-state index contributed by atoms with van der Waals surface area (Å²) in [4.78, 5) is 11.0. The number of rotatable bonds is 4. The van der Waals surface area contributed by atoms with E-state index < -0.39 is 24.3 Å². The summed E-state index contributed by atoms with van der Waals surface area (Å²) in [6, 6.07) is 3.83. The van der Waals surface area contributed by atoms with Crippen molar-refractivity contribution in [3.8, 4) is 5.75 Å². The molecule has 1 rings (SSSR count). The Morgan fingerprint density at radius 3 is 2.56 bits per heavy atom. The molecule has 0 atom stereocenters. The summed E-state index contributed by atoms with van der Waals surface area (Å²) < 4.78 is 43.3. The molecule has 0 fully saturated rings. The smallest absolute Gasteiger partial charge is 0.419 e. The van der Waals surface area contributed by atoms with E-state index in [1.54, 1.807) is 13.0 Å². The fourth-order valence-corrected chi connectivity index (χ4v) is 1.36. The van der Waals surface area contributed by atoms with Crippen LogP contribution in [-0.2, 0) is 17.4 Å². The third-order valence-corrected chi connectivity index (χ3v) is 2.40. The highest BCUT2D eigenvalue weighted by Crippen LogP contribution is 2.36. The third-order valence-electron chi connectivity index (χ3n) is 2.40. The molecular formula is C12H14F3NO2. The van der Waals surface area contributed by atoms with Crippen molar-refractivity contribution in [1.82, 2.24) is 5.32 Å². The third kappa shape index (κ3) is 3.65. The van der Waals surface area contributed by atoms with Crippen LogP contribution >= 0.6 is 0 Å². The molecule has 0 bridgehead atoms. The highest BCUT2D eigenvalue weighted by Gasteiger charge is 2.34. The minimum absolute atomic E-state index is 0.330. The van der Waals surface area contributed by atoms with E-state index in [1.165, 1.54) is 13.1 Å². The average molecular weight is 261 g/mol. The first-order valence-corrected chi connectivity index (χ1v) is 5.42. The van der Waals surface area contributed by atoms with E-state index in [0.29, 0.717) is 12.0 Å². The van der Waals surface area contributed by atoms with Crippen LogP contribution in [0.1, 0.15) is 18.1 Å². The zero-order valence-electron chi connectivity index (χ0n) is 10.1. The summed E-state index contributed by atoms with van der Waals surface area (Å²) in [6.45, 7) is 1.32. The van der Waals surface area contributed by atoms with Gasteiger partial charge in [0.05, 0.1) is 5.56 Å². The Morgan fingerprint density at radius 1 is 1.39 bits per heavy atom. The molecule has 1 N–H and O–H groups in total. The van der Waals surface area contributed by atoms with Gasteiger partial charge in [-0.25, -0.2) is 0 Å². The SMILES string of the molecule is CCc1ccc(OCC(=O)NC)c(C(F)(F)F)c1. The lowest BCUT2D eigenvalue weighted by Gasteiger charge is -2.14. The molecule has 6 heteroatoms. The van der Waals surface area contributed by atoms with Gasteiger partial charge < -0.3 is 10.1 Å². The van der Waals surface area contributed by atoms with Gasteiger partial charge in [0.2, 0.25) is 0 Å². The highest BCUT2D eigenvalue weighted by atomic mass is 19.4. The van der Waals surface area contributed by atoms with Gasteiger partial charge in [0.1, 0.15) is 5.75 Å². The van der Waals surface area contributed by atoms with E-state index in [1.807, 2.05) is 0 Å². The number of carbonyl (C=O) groups excluding carboxylic acids is 1. The largest absolute Gasteiger partial charge is 0.483 e. The summed E-state index contributed by atoms with van der Waals surface area (Å²) in [7, 11) is 1.39. The number of carbonyl (C=O) groups is 1. The quantitative estimate of drug-likeness (QED) is 0.903. The summed E-state index contributed by atoms with van der Waals surface area (Å²) in [5.41, 5.74) is -0.291. The molecule has 0 aliphatic rings. The first kappa shape index (κ1) is 14.3. The number of halogens is 3. The van der Waals surface area contributed by atoms with Crippen molar-refractivity contribution in [1.29, 1.82) is 0 Å². The Kier molecular flexibility index (Phi) is 4.58. The Bertz CT molecular complexity index is 430. The Labute approximate surface area is 103 Å². The van der Waals surface area contributed by atoms with Crippen molar-refractivity contribution in [2.24, 2.45) is 0 Å². The lowest BCUT2D eigenvalue weighted by atomic mass is 10.1. The standard InChI is InChI=1S/C12H14F3NO2/c1-3-8-4-5-10(18-7-11(17)16-2)9(6-8)12(13,14)15/h4-6H,3,7H2,1-2H3,(H,16,17). The molecular weight excluding hydrogens is 247 g/mol. The van der Waals surface area contributed by atoms with Crippen molar-refractivity contribution < 1.29 is 22.7 Å². The van der Waals surface area contributed by atoms with Gasteiger partial charge >= 0.3 is 6.18 Å². The van der Waals surface area contributed by atoms with Crippen LogP contribution in [0.4, 0.5) is 13.2 Å². The van der Waals surface area contributed by atoms with Crippen molar-refractivity contribution in [2.75, 3.05) is 13.7 Å². The van der Waals surface area contributed by atoms with Gasteiger partial charge in [0, 0.05) is 7.05 Å². The summed E-state index contributed by atoms with van der Waals surface area (Å²) in [5.74, 6) is -0.814. The number of hydrogen-bond acceptors (Lipinski definition) is 2. The predicted molar refractivity (Wildman–Crippen MR) is 60.4 cm³/mol. The second kappa shape index (κ2) is 5.75. The van der Waals surface area contributed by atoms with Crippen molar-refractivity contribution >= 4 is 5.91 Å². The van der Waals surface area contributed by atoms with Gasteiger partial charge in [-0.05, 0) is 24.1 Å². The molecule has 0 aliphatic heterocycles. The lowest BCUT2D eigenvalue weighted by molar-refractivity contribution is -0.139. The van der Waals surface area contributed by atoms with Gasteiger partial charge in [0.25, 0.3) is 5.91 Å². The zero-order chi connectivity index (χ0) is 13.8. The summed E-state index contributed by atoms with van der Waals surface area (Å²) in [5, 5.41) is 2.27. The normalized spacial score (nSPS) is 11.2. The molecule has 0 radical (unpaired) electrons. The maximum absolute atomic E-state index is 12.8. The monoisotopic (exact) mass is 261 g/mol. The van der Waals surface area contributed by atoms with Crippen LogP contribution in [0, 0.1) is 0 Å². The van der Waals surface area contributed by atoms with Crippen LogP contribution < -0.4 is 10.1 Å². The Hall–Kier alpha value is -1.72. The van der Waals surface area contributed by atoms with E-state index in [9.17, 15) is 18.0 Å². The van der Waals surface area contributed by atoms with Crippen LogP contribution in [0.15, 0.2) is 18.2 Å². The highest BCUT2D eigenvalue weighted by molar-refractivity contribution is 5.77. The van der Waals surface area contributed by atoms with Crippen LogP contribution in [0.3, 0.4) is 0 Å². The predicted octanol–water partition coefficient (Wildman–Crippen LogP) is 2.39. The number of benzene rings is 1. The average Bonchev–Trinajstić information content (AvgIpc) is 2.34. The number of nitrogens with one attached hydrogen (secondary N) is 1. The molecule has 0 unspecified atom stereocenters. The molecule has 1 aromatic rings. The van der Waals surface area contributed by atoms with Gasteiger partial charge in [-0.1, -0.05) is 13.0 Å². The van der Waals surface area contributed by atoms with Crippen molar-refractivity contribution in [3.05, 3.63) is 29.3 Å². The summed E-state index contributed by atoms with van der Waals surface area (Å²) in [6.07, 6.45) is -4.00. The first-order chi connectivity index (χ1) is 8.38. The molecule has 100 valence electrons. The summed E-state index contributed by atoms with van der Waals surface area (Å²) >= 11 is 0. The molecule has 0 heterocycles. The number of ether oxygens (including phenoxy) is 1. The van der Waals surface area contributed by atoms with Crippen molar-refractivity contribution in [2.45, 2.75) is 19.5 Å². The van der Waals surface area contributed by atoms with Gasteiger partial charge in [0.15, 0.2) is 6.61 Å². The van der Waals surface area contributed by atoms with Crippen LogP contribution in [-0.4, -0.2) is 19.6 Å². The lowest BCUT2D eigenvalue weighted by Crippen LogP contribution is -2.25. The van der Waals surface area contributed by atoms with E-state index in [2.05, 4.69) is 5.32 Å². The zero-order valence-corrected chi connectivity index (χ0v) is 10.1. The van der Waals surface area contributed by atoms with Gasteiger partial charge in [-0.3, -0.25) is 4.79 Å². The number of hydrogen-bond donors (Lipinski definition) is 1. The fraction of sp³-hybridized carbons (Fsp3) is 0.417. The van der Waals surface area contributed by atoms with Crippen molar-refractivity contribution in [3.63, 3.8) is 0 Å². The number of alkyl halides is 3. The van der Waals surface area contributed by atoms with E-state index in [0.717, 1.165) is 6.07 Å². The van der Waals surface area contributed by atoms with Crippen LogP contribution in [0.2, 0.25) is 0 Å². The molecule has 1 amide bonds. The maximum atomic E-state index is 12.8. The minimum atomic E-state index is -4.50. The second-order valence-electron chi connectivity index (χ2n) is 3.64. The molecule has 0 spiro atoms. The number of aryl methyl sites for hydroxylation is 1. The van der Waals surface area contributed by atoms with E-state index >= 15 is 0 Å². The molecule has 1 aromatic carbocycles. The molecule has 3 nitrogen and oxygen atoms in total. The number of amides is 1. The molecule has 0 aliphatic carbocycles. The van der Waals surface area contributed by atoms with E-state index in [4.69, 9.17) is 4.74 Å². The first-order valence-electron chi connectivity index (χ1n) is 5.42. The van der Waals surface area contributed by atoms with Gasteiger partial charge in [-0.2, -0.15) is 13.2 Å². The molecule has 0 aromatic heterocycles. The van der Waals surface area contributed by atoms with Crippen LogP contribution in [0.25, 0.3) is 0 Å². The maximum Gasteiger partial charge on any atom is 0.419 e. The molecule has 18 heavy (non-hydrogen) atoms. The number of likely N-dealkylation sites (N-methyl/N-ethyl adjacent to an activating group) is 1. The topological polar surface area (TPSA) is 38.3 Å². The Balaban J connectivity index is 2.99. The fourth-order valence-electron chi connectivity index (χ4n) is 1.36. The minimum Gasteiger partial charge on any atom is -0.483 e. The molecule has 0 saturated carbocycles. The van der Waals surface area contributed by atoms with Gasteiger partial charge in [-0.15, -0.1) is 0 Å². The Morgan fingerprint density at radius 2 is 2.06 bits per heavy atom. The van der Waals surface area contributed by atoms with E-state index in [-0.39, 0.29) is 5.75 Å². The molecule has 0 saturated heterocycles. The second-order valence-corrected chi connectivity index (χ2v) is 3.64.